The maximum Gasteiger partial charge on any atom is 0.268 e. The molecule has 3 heterocycles. The molecule has 3 aromatic heterocycles. The Kier molecular flexibility index (Phi) is 4.50. The summed E-state index contributed by atoms with van der Waals surface area (Å²) in [4.78, 5) is 17.0. The monoisotopic (exact) mass is 359 g/mol. The van der Waals surface area contributed by atoms with Crippen LogP contribution in [0.4, 0.5) is 0 Å². The molecule has 136 valence electrons. The number of nitrogens with zero attached hydrogens (tertiary/aromatic N) is 2. The largest absolute Gasteiger partial charge is 0.460 e. The summed E-state index contributed by atoms with van der Waals surface area (Å²) in [5.41, 5.74) is 5.59. The second-order valence-electron chi connectivity index (χ2n) is 6.69. The number of aryl methyl sites for hydroxylation is 2. The molecule has 4 rings (SSSR count). The molecule has 1 amide bonds. The van der Waals surface area contributed by atoms with Crippen molar-refractivity contribution in [3.63, 3.8) is 0 Å². The Morgan fingerprint density at radius 1 is 1.15 bits per heavy atom. The number of carbonyl (C=O) groups excluding carboxylic acids is 1. The molecule has 0 bridgehead atoms. The summed E-state index contributed by atoms with van der Waals surface area (Å²) >= 11 is 0. The first-order valence-electron chi connectivity index (χ1n) is 8.93. The highest BCUT2D eigenvalue weighted by atomic mass is 16.3. The molecule has 5 nitrogen and oxygen atoms in total. The fourth-order valence-corrected chi connectivity index (χ4v) is 3.26. The first-order valence-corrected chi connectivity index (χ1v) is 8.93. The molecule has 0 saturated carbocycles. The molecule has 0 atom stereocenters. The topological polar surface area (TPSA) is 60.1 Å². The maximum atomic E-state index is 12.9. The SMILES string of the molecule is Cc1cc2c(cc(C(=O)NCc3cccnc3)n2Cc2ccccc2C)o1. The number of hydrogen-bond acceptors (Lipinski definition) is 3. The van der Waals surface area contributed by atoms with Crippen LogP contribution in [0.25, 0.3) is 11.1 Å². The van der Waals surface area contributed by atoms with Crippen molar-refractivity contribution in [3.05, 3.63) is 89.1 Å². The van der Waals surface area contributed by atoms with Gasteiger partial charge in [0, 0.05) is 37.6 Å². The molecule has 0 unspecified atom stereocenters. The lowest BCUT2D eigenvalue weighted by molar-refractivity contribution is 0.0942. The maximum absolute atomic E-state index is 12.9. The Bertz CT molecular complexity index is 1090. The molecule has 5 heteroatoms. The van der Waals surface area contributed by atoms with Crippen molar-refractivity contribution >= 4 is 17.0 Å². The van der Waals surface area contributed by atoms with E-state index >= 15 is 0 Å². The van der Waals surface area contributed by atoms with Crippen LogP contribution in [-0.4, -0.2) is 15.5 Å². The summed E-state index contributed by atoms with van der Waals surface area (Å²) in [6, 6.07) is 15.8. The van der Waals surface area contributed by atoms with E-state index in [0.29, 0.717) is 18.8 Å². The minimum Gasteiger partial charge on any atom is -0.460 e. The first kappa shape index (κ1) is 17.1. The molecule has 4 aromatic rings. The van der Waals surface area contributed by atoms with Crippen LogP contribution in [0.3, 0.4) is 0 Å². The number of nitrogens with one attached hydrogen (secondary N) is 1. The quantitative estimate of drug-likeness (QED) is 0.580. The van der Waals surface area contributed by atoms with Crippen molar-refractivity contribution in [1.82, 2.24) is 14.9 Å². The van der Waals surface area contributed by atoms with Crippen LogP contribution in [-0.2, 0) is 13.1 Å². The van der Waals surface area contributed by atoms with Crippen LogP contribution < -0.4 is 5.32 Å². The van der Waals surface area contributed by atoms with Gasteiger partial charge in [0.2, 0.25) is 0 Å². The predicted octanol–water partition coefficient (Wildman–Crippen LogP) is 4.22. The summed E-state index contributed by atoms with van der Waals surface area (Å²) in [6.07, 6.45) is 3.47. The van der Waals surface area contributed by atoms with E-state index in [-0.39, 0.29) is 5.91 Å². The van der Waals surface area contributed by atoms with Gasteiger partial charge in [0.25, 0.3) is 5.91 Å². The van der Waals surface area contributed by atoms with E-state index in [4.69, 9.17) is 4.42 Å². The minimum atomic E-state index is -0.128. The third kappa shape index (κ3) is 3.49. The van der Waals surface area contributed by atoms with Crippen LogP contribution in [0.2, 0.25) is 0 Å². The summed E-state index contributed by atoms with van der Waals surface area (Å²) in [5, 5.41) is 2.98. The molecule has 0 saturated heterocycles. The average Bonchev–Trinajstić information content (AvgIpc) is 3.19. The highest BCUT2D eigenvalue weighted by Gasteiger charge is 2.19. The smallest absolute Gasteiger partial charge is 0.268 e. The molecule has 0 radical (unpaired) electrons. The fraction of sp³-hybridized carbons (Fsp3) is 0.182. The molecule has 0 aliphatic rings. The van der Waals surface area contributed by atoms with Crippen molar-refractivity contribution < 1.29 is 9.21 Å². The Morgan fingerprint density at radius 3 is 2.78 bits per heavy atom. The van der Waals surface area contributed by atoms with Crippen LogP contribution in [0, 0.1) is 13.8 Å². The number of benzene rings is 1. The van der Waals surface area contributed by atoms with Gasteiger partial charge in [-0.25, -0.2) is 0 Å². The van der Waals surface area contributed by atoms with E-state index in [1.54, 1.807) is 12.4 Å². The van der Waals surface area contributed by atoms with Crippen molar-refractivity contribution in [2.24, 2.45) is 0 Å². The summed E-state index contributed by atoms with van der Waals surface area (Å²) in [7, 11) is 0. The van der Waals surface area contributed by atoms with E-state index < -0.39 is 0 Å². The van der Waals surface area contributed by atoms with E-state index in [1.165, 1.54) is 11.1 Å². The predicted molar refractivity (Wildman–Crippen MR) is 105 cm³/mol. The van der Waals surface area contributed by atoms with Gasteiger partial charge in [-0.15, -0.1) is 0 Å². The fourth-order valence-electron chi connectivity index (χ4n) is 3.26. The van der Waals surface area contributed by atoms with E-state index in [1.807, 2.05) is 47.9 Å². The van der Waals surface area contributed by atoms with Crippen molar-refractivity contribution in [2.75, 3.05) is 0 Å². The van der Waals surface area contributed by atoms with E-state index in [2.05, 4.69) is 29.4 Å². The Hall–Kier alpha value is -3.34. The Balaban J connectivity index is 1.66. The van der Waals surface area contributed by atoms with Crippen molar-refractivity contribution in [1.29, 1.82) is 0 Å². The molecule has 27 heavy (non-hydrogen) atoms. The summed E-state index contributed by atoms with van der Waals surface area (Å²) in [5.74, 6) is 0.706. The van der Waals surface area contributed by atoms with Crippen LogP contribution in [0.15, 0.2) is 65.3 Å². The van der Waals surface area contributed by atoms with Gasteiger partial charge in [-0.3, -0.25) is 9.78 Å². The molecule has 0 spiro atoms. The first-order chi connectivity index (χ1) is 13.1. The highest BCUT2D eigenvalue weighted by molar-refractivity contribution is 5.97. The number of hydrogen-bond donors (Lipinski definition) is 1. The third-order valence-corrected chi connectivity index (χ3v) is 4.71. The normalized spacial score (nSPS) is 11.0. The highest BCUT2D eigenvalue weighted by Crippen LogP contribution is 2.25. The van der Waals surface area contributed by atoms with Gasteiger partial charge in [-0.1, -0.05) is 30.3 Å². The third-order valence-electron chi connectivity index (χ3n) is 4.71. The number of amides is 1. The molecule has 1 aromatic carbocycles. The van der Waals surface area contributed by atoms with Gasteiger partial charge >= 0.3 is 0 Å². The lowest BCUT2D eigenvalue weighted by Crippen LogP contribution is -2.25. The van der Waals surface area contributed by atoms with Gasteiger partial charge in [0.05, 0.1) is 5.52 Å². The Labute approximate surface area is 157 Å². The number of pyridine rings is 1. The zero-order valence-electron chi connectivity index (χ0n) is 15.4. The van der Waals surface area contributed by atoms with Crippen molar-refractivity contribution in [2.45, 2.75) is 26.9 Å². The minimum absolute atomic E-state index is 0.128. The van der Waals surface area contributed by atoms with Crippen LogP contribution >= 0.6 is 0 Å². The number of fused-ring (bicyclic) bond motifs is 1. The van der Waals surface area contributed by atoms with E-state index in [9.17, 15) is 4.79 Å². The van der Waals surface area contributed by atoms with Gasteiger partial charge in [-0.2, -0.15) is 0 Å². The second-order valence-corrected chi connectivity index (χ2v) is 6.69. The molecular formula is C22H21N3O2. The standard InChI is InChI=1S/C22H21N3O2/c1-15-6-3-4-8-18(15)14-25-19-10-16(2)27-21(19)11-20(25)22(26)24-13-17-7-5-9-23-12-17/h3-12H,13-14H2,1-2H3,(H,24,26). The van der Waals surface area contributed by atoms with Gasteiger partial charge in [0.15, 0.2) is 5.58 Å². The Morgan fingerprint density at radius 2 is 2.00 bits per heavy atom. The zero-order chi connectivity index (χ0) is 18.8. The van der Waals surface area contributed by atoms with Gasteiger partial charge in [-0.05, 0) is 36.6 Å². The van der Waals surface area contributed by atoms with Crippen molar-refractivity contribution in [3.8, 4) is 0 Å². The molecule has 0 aliphatic heterocycles. The van der Waals surface area contributed by atoms with Gasteiger partial charge < -0.3 is 14.3 Å². The average molecular weight is 359 g/mol. The molecule has 0 aliphatic carbocycles. The number of furan rings is 1. The summed E-state index contributed by atoms with van der Waals surface area (Å²) < 4.78 is 7.78. The number of rotatable bonds is 5. The lowest BCUT2D eigenvalue weighted by Gasteiger charge is -2.12. The zero-order valence-corrected chi connectivity index (χ0v) is 15.4. The van der Waals surface area contributed by atoms with E-state index in [0.717, 1.165) is 22.4 Å². The molecule has 1 N–H and O–H groups in total. The van der Waals surface area contributed by atoms with Crippen LogP contribution in [0.1, 0.15) is 32.9 Å². The second kappa shape index (κ2) is 7.11. The van der Waals surface area contributed by atoms with Crippen LogP contribution in [0.5, 0.6) is 0 Å². The number of carbonyl (C=O) groups is 1. The summed E-state index contributed by atoms with van der Waals surface area (Å²) in [6.45, 7) is 5.05. The molecular weight excluding hydrogens is 338 g/mol. The lowest BCUT2D eigenvalue weighted by atomic mass is 10.1. The van der Waals surface area contributed by atoms with Gasteiger partial charge in [0.1, 0.15) is 11.5 Å². The molecule has 0 fully saturated rings. The number of aromatic nitrogens is 2.